The van der Waals surface area contributed by atoms with Crippen LogP contribution >= 0.6 is 0 Å². The molecule has 19 heavy (non-hydrogen) atoms. The number of aromatic nitrogens is 2. The van der Waals surface area contributed by atoms with Gasteiger partial charge in [-0.1, -0.05) is 0 Å². The van der Waals surface area contributed by atoms with Crippen LogP contribution in [0.1, 0.15) is 11.5 Å². The van der Waals surface area contributed by atoms with Crippen LogP contribution in [-0.4, -0.2) is 23.8 Å². The lowest BCUT2D eigenvalue weighted by molar-refractivity contribution is 0.404. The molecular weight excluding hydrogens is 242 g/mol. The molecule has 0 aliphatic heterocycles. The second kappa shape index (κ2) is 5.02. The first-order valence-corrected chi connectivity index (χ1v) is 5.78. The van der Waals surface area contributed by atoms with Gasteiger partial charge in [0.2, 0.25) is 0 Å². The van der Waals surface area contributed by atoms with E-state index in [1.807, 2.05) is 36.7 Å². The van der Waals surface area contributed by atoms with Crippen molar-refractivity contribution >= 4 is 0 Å². The molecule has 1 aromatic carbocycles. The molecule has 0 aliphatic carbocycles. The molecule has 2 rings (SSSR count). The Morgan fingerprint density at radius 1 is 1.26 bits per heavy atom. The average Bonchev–Trinajstić information content (AvgIpc) is 2.73. The minimum absolute atomic E-state index is 0.381. The van der Waals surface area contributed by atoms with Gasteiger partial charge in [-0.3, -0.25) is 0 Å². The van der Waals surface area contributed by atoms with Crippen LogP contribution in [0.25, 0.3) is 11.3 Å². The number of methoxy groups -OCH3 is 2. The minimum Gasteiger partial charge on any atom is -0.497 e. The van der Waals surface area contributed by atoms with E-state index >= 15 is 0 Å². The van der Waals surface area contributed by atoms with Gasteiger partial charge in [0.25, 0.3) is 0 Å². The molecule has 0 amide bonds. The molecular formula is C14H15N3O2. The molecule has 0 atom stereocenters. The predicted molar refractivity (Wildman–Crippen MR) is 71.2 cm³/mol. The van der Waals surface area contributed by atoms with Crippen LogP contribution in [-0.2, 0) is 7.05 Å². The van der Waals surface area contributed by atoms with Gasteiger partial charge in [-0.2, -0.15) is 5.26 Å². The maximum absolute atomic E-state index is 9.21. The van der Waals surface area contributed by atoms with Gasteiger partial charge >= 0.3 is 0 Å². The standard InChI is InChI=1S/C14H15N3O2/c1-9-16-12(8-15)14(17(9)2)11-7-10(18-3)5-6-13(11)19-4/h5-7H,1-4H3. The molecule has 0 saturated heterocycles. The van der Waals surface area contributed by atoms with E-state index in [4.69, 9.17) is 9.47 Å². The lowest BCUT2D eigenvalue weighted by Gasteiger charge is -2.11. The summed E-state index contributed by atoms with van der Waals surface area (Å²) in [5, 5.41) is 9.21. The number of nitrogens with zero attached hydrogens (tertiary/aromatic N) is 3. The second-order valence-corrected chi connectivity index (χ2v) is 4.09. The van der Waals surface area contributed by atoms with E-state index in [2.05, 4.69) is 11.1 Å². The first-order chi connectivity index (χ1) is 9.12. The van der Waals surface area contributed by atoms with Gasteiger partial charge in [-0.05, 0) is 25.1 Å². The smallest absolute Gasteiger partial charge is 0.166 e. The molecule has 5 heteroatoms. The SMILES string of the molecule is COc1ccc(OC)c(-c2c(C#N)nc(C)n2C)c1. The normalized spacial score (nSPS) is 10.1. The largest absolute Gasteiger partial charge is 0.497 e. The van der Waals surface area contributed by atoms with Crippen molar-refractivity contribution in [1.29, 1.82) is 5.26 Å². The van der Waals surface area contributed by atoms with E-state index in [1.165, 1.54) is 0 Å². The van der Waals surface area contributed by atoms with E-state index in [0.717, 1.165) is 17.1 Å². The Kier molecular flexibility index (Phi) is 3.43. The predicted octanol–water partition coefficient (Wildman–Crippen LogP) is 2.28. The van der Waals surface area contributed by atoms with Crippen LogP contribution in [0.5, 0.6) is 11.5 Å². The molecule has 0 N–H and O–H groups in total. The summed E-state index contributed by atoms with van der Waals surface area (Å²) in [5.41, 5.74) is 1.91. The van der Waals surface area contributed by atoms with Crippen LogP contribution < -0.4 is 9.47 Å². The summed E-state index contributed by atoms with van der Waals surface area (Å²) in [6.45, 7) is 1.86. The highest BCUT2D eigenvalue weighted by molar-refractivity contribution is 5.73. The molecule has 2 aromatic rings. The Labute approximate surface area is 112 Å². The van der Waals surface area contributed by atoms with Crippen molar-refractivity contribution in [2.75, 3.05) is 14.2 Å². The Morgan fingerprint density at radius 2 is 2.00 bits per heavy atom. The fraction of sp³-hybridized carbons (Fsp3) is 0.286. The van der Waals surface area contributed by atoms with Gasteiger partial charge in [-0.15, -0.1) is 0 Å². The zero-order chi connectivity index (χ0) is 14.0. The lowest BCUT2D eigenvalue weighted by Crippen LogP contribution is -1.98. The molecule has 1 heterocycles. The van der Waals surface area contributed by atoms with Crippen LogP contribution in [0.15, 0.2) is 18.2 Å². The van der Waals surface area contributed by atoms with Gasteiger partial charge in [0.15, 0.2) is 5.69 Å². The average molecular weight is 257 g/mol. The van der Waals surface area contributed by atoms with Gasteiger partial charge in [0.1, 0.15) is 23.4 Å². The van der Waals surface area contributed by atoms with E-state index in [-0.39, 0.29) is 0 Å². The topological polar surface area (TPSA) is 60.1 Å². The van der Waals surface area contributed by atoms with Crippen LogP contribution in [0.3, 0.4) is 0 Å². The van der Waals surface area contributed by atoms with Crippen molar-refractivity contribution in [1.82, 2.24) is 9.55 Å². The highest BCUT2D eigenvalue weighted by atomic mass is 16.5. The maximum atomic E-state index is 9.21. The molecule has 0 aliphatic rings. The number of ether oxygens (including phenoxy) is 2. The fourth-order valence-corrected chi connectivity index (χ4v) is 2.00. The zero-order valence-corrected chi connectivity index (χ0v) is 11.4. The molecule has 1 aromatic heterocycles. The van der Waals surface area contributed by atoms with Crippen LogP contribution in [0.4, 0.5) is 0 Å². The van der Waals surface area contributed by atoms with Crippen molar-refractivity contribution in [3.63, 3.8) is 0 Å². The summed E-state index contributed by atoms with van der Waals surface area (Å²) in [6, 6.07) is 7.59. The van der Waals surface area contributed by atoms with Crippen molar-refractivity contribution in [2.45, 2.75) is 6.92 Å². The summed E-state index contributed by atoms with van der Waals surface area (Å²) in [6.07, 6.45) is 0. The highest BCUT2D eigenvalue weighted by Gasteiger charge is 2.18. The molecule has 0 bridgehead atoms. The zero-order valence-electron chi connectivity index (χ0n) is 11.4. The van der Waals surface area contributed by atoms with Gasteiger partial charge in [-0.25, -0.2) is 4.98 Å². The van der Waals surface area contributed by atoms with Crippen molar-refractivity contribution in [3.05, 3.63) is 29.7 Å². The molecule has 0 radical (unpaired) electrons. The molecule has 0 spiro atoms. The minimum atomic E-state index is 0.381. The monoisotopic (exact) mass is 257 g/mol. The quantitative estimate of drug-likeness (QED) is 0.846. The van der Waals surface area contributed by atoms with E-state index in [0.29, 0.717) is 17.2 Å². The first kappa shape index (κ1) is 13.0. The van der Waals surface area contributed by atoms with Crippen LogP contribution in [0.2, 0.25) is 0 Å². The van der Waals surface area contributed by atoms with E-state index in [9.17, 15) is 5.26 Å². The number of nitriles is 1. The molecule has 0 fully saturated rings. The summed E-state index contributed by atoms with van der Waals surface area (Å²) < 4.78 is 12.5. The Balaban J connectivity index is 2.74. The van der Waals surface area contributed by atoms with Crippen LogP contribution in [0, 0.1) is 18.3 Å². The van der Waals surface area contributed by atoms with E-state index in [1.54, 1.807) is 14.2 Å². The highest BCUT2D eigenvalue weighted by Crippen LogP contribution is 2.35. The second-order valence-electron chi connectivity index (χ2n) is 4.09. The Morgan fingerprint density at radius 3 is 2.58 bits per heavy atom. The van der Waals surface area contributed by atoms with Gasteiger partial charge in [0.05, 0.1) is 19.9 Å². The molecule has 0 unspecified atom stereocenters. The summed E-state index contributed by atoms with van der Waals surface area (Å²) in [7, 11) is 5.07. The summed E-state index contributed by atoms with van der Waals surface area (Å²) in [5.74, 6) is 2.16. The maximum Gasteiger partial charge on any atom is 0.166 e. The Bertz CT molecular complexity index is 653. The third-order valence-corrected chi connectivity index (χ3v) is 3.09. The molecule has 5 nitrogen and oxygen atoms in total. The number of rotatable bonds is 3. The molecule has 98 valence electrons. The number of imidazole rings is 1. The van der Waals surface area contributed by atoms with Crippen molar-refractivity contribution < 1.29 is 9.47 Å². The number of hydrogen-bond acceptors (Lipinski definition) is 4. The van der Waals surface area contributed by atoms with Gasteiger partial charge < -0.3 is 14.0 Å². The molecule has 0 saturated carbocycles. The third kappa shape index (κ3) is 2.13. The fourth-order valence-electron chi connectivity index (χ4n) is 2.00. The van der Waals surface area contributed by atoms with Crippen molar-refractivity contribution in [2.24, 2.45) is 7.05 Å². The van der Waals surface area contributed by atoms with Crippen molar-refractivity contribution in [3.8, 4) is 28.8 Å². The summed E-state index contributed by atoms with van der Waals surface area (Å²) >= 11 is 0. The summed E-state index contributed by atoms with van der Waals surface area (Å²) in [4.78, 5) is 4.24. The first-order valence-electron chi connectivity index (χ1n) is 5.78. The lowest BCUT2D eigenvalue weighted by atomic mass is 10.1. The third-order valence-electron chi connectivity index (χ3n) is 3.09. The number of benzene rings is 1. The van der Waals surface area contributed by atoms with Gasteiger partial charge in [0, 0.05) is 12.6 Å². The Hall–Kier alpha value is -2.48. The number of hydrogen-bond donors (Lipinski definition) is 0. The van der Waals surface area contributed by atoms with E-state index < -0.39 is 0 Å². The number of aryl methyl sites for hydroxylation is 1.